The van der Waals surface area contributed by atoms with Gasteiger partial charge in [0.25, 0.3) is 0 Å². The Morgan fingerprint density at radius 1 is 1.07 bits per heavy atom. The predicted molar refractivity (Wildman–Crippen MR) is 115 cm³/mol. The van der Waals surface area contributed by atoms with Crippen LogP contribution in [-0.4, -0.2) is 35.2 Å². The van der Waals surface area contributed by atoms with E-state index in [0.717, 1.165) is 24.1 Å². The molecule has 1 aliphatic rings. The molecule has 0 aliphatic carbocycles. The second kappa shape index (κ2) is 8.82. The summed E-state index contributed by atoms with van der Waals surface area (Å²) >= 11 is 0. The lowest BCUT2D eigenvalue weighted by atomic mass is 9.86. The van der Waals surface area contributed by atoms with Gasteiger partial charge in [0.1, 0.15) is 0 Å². The van der Waals surface area contributed by atoms with Crippen LogP contribution in [-0.2, 0) is 21.5 Å². The molecule has 2 aromatic rings. The van der Waals surface area contributed by atoms with Gasteiger partial charge in [-0.15, -0.1) is 0 Å². The Hall–Kier alpha value is -2.95. The van der Waals surface area contributed by atoms with Crippen molar-refractivity contribution in [3.8, 4) is 0 Å². The topological polar surface area (TPSA) is 63.7 Å². The number of hydrogen-bond acceptors (Lipinski definition) is 4. The summed E-state index contributed by atoms with van der Waals surface area (Å²) in [7, 11) is 0. The maximum Gasteiger partial charge on any atom is 0.338 e. The molecule has 1 heterocycles. The molecule has 0 N–H and O–H groups in total. The summed E-state index contributed by atoms with van der Waals surface area (Å²) in [5.41, 5.74) is 2.91. The fourth-order valence-electron chi connectivity index (χ4n) is 3.54. The van der Waals surface area contributed by atoms with E-state index in [1.807, 2.05) is 18.2 Å². The highest BCUT2D eigenvalue weighted by Gasteiger charge is 2.23. The van der Waals surface area contributed by atoms with Crippen molar-refractivity contribution in [3.05, 3.63) is 70.8 Å². The first kappa shape index (κ1) is 21.8. The molecule has 5 nitrogen and oxygen atoms in total. The highest BCUT2D eigenvalue weighted by atomic mass is 16.5. The van der Waals surface area contributed by atoms with Gasteiger partial charge in [0.2, 0.25) is 11.7 Å². The van der Waals surface area contributed by atoms with Crippen molar-refractivity contribution < 1.29 is 19.1 Å². The van der Waals surface area contributed by atoms with Crippen LogP contribution in [0.1, 0.15) is 72.4 Å². The van der Waals surface area contributed by atoms with Crippen molar-refractivity contribution in [2.45, 2.75) is 58.6 Å². The number of ether oxygens (including phenoxy) is 1. The summed E-state index contributed by atoms with van der Waals surface area (Å²) in [6, 6.07) is 14.5. The fraction of sp³-hybridized carbons (Fsp3) is 0.400. The van der Waals surface area contributed by atoms with Crippen LogP contribution < -0.4 is 0 Å². The van der Waals surface area contributed by atoms with Crippen LogP contribution in [0, 0.1) is 0 Å². The molecule has 1 unspecified atom stereocenters. The van der Waals surface area contributed by atoms with Crippen LogP contribution in [0.5, 0.6) is 0 Å². The van der Waals surface area contributed by atoms with Gasteiger partial charge < -0.3 is 9.64 Å². The number of nitrogens with zero attached hydrogens (tertiary/aromatic N) is 1. The molecule has 0 saturated carbocycles. The second-order valence-electron chi connectivity index (χ2n) is 8.86. The van der Waals surface area contributed by atoms with Gasteiger partial charge >= 0.3 is 5.97 Å². The zero-order valence-corrected chi connectivity index (χ0v) is 18.1. The Kier molecular flexibility index (Phi) is 6.40. The van der Waals surface area contributed by atoms with Gasteiger partial charge in [0.05, 0.1) is 5.56 Å². The van der Waals surface area contributed by atoms with Crippen molar-refractivity contribution in [3.63, 3.8) is 0 Å². The Morgan fingerprint density at radius 2 is 1.77 bits per heavy atom. The Morgan fingerprint density at radius 3 is 2.37 bits per heavy atom. The lowest BCUT2D eigenvalue weighted by Gasteiger charge is -2.19. The van der Waals surface area contributed by atoms with E-state index >= 15 is 0 Å². The van der Waals surface area contributed by atoms with Gasteiger partial charge in [-0.2, -0.15) is 0 Å². The first-order valence-electron chi connectivity index (χ1n) is 10.4. The molecule has 1 atom stereocenters. The number of ketones is 1. The normalized spacial score (nSPS) is 15.2. The summed E-state index contributed by atoms with van der Waals surface area (Å²) in [6.07, 6.45) is 0.566. The largest absolute Gasteiger partial charge is 0.451 e. The van der Waals surface area contributed by atoms with Crippen LogP contribution in [0.15, 0.2) is 48.5 Å². The van der Waals surface area contributed by atoms with Crippen LogP contribution in [0.2, 0.25) is 0 Å². The van der Waals surface area contributed by atoms with E-state index in [-0.39, 0.29) is 17.1 Å². The summed E-state index contributed by atoms with van der Waals surface area (Å²) in [5.74, 6) is -0.640. The molecule has 30 heavy (non-hydrogen) atoms. The molecule has 3 rings (SSSR count). The number of likely N-dealkylation sites (tertiary alicyclic amines) is 1. The Balaban J connectivity index is 1.64. The van der Waals surface area contributed by atoms with E-state index in [9.17, 15) is 14.4 Å². The molecule has 0 aromatic heterocycles. The van der Waals surface area contributed by atoms with Crippen molar-refractivity contribution in [1.82, 2.24) is 4.90 Å². The number of amides is 1. The van der Waals surface area contributed by atoms with Gasteiger partial charge in [0, 0.05) is 25.1 Å². The van der Waals surface area contributed by atoms with Crippen molar-refractivity contribution in [2.24, 2.45) is 0 Å². The summed E-state index contributed by atoms with van der Waals surface area (Å²) in [6.45, 7) is 9.15. The molecule has 1 fully saturated rings. The number of rotatable bonds is 6. The van der Waals surface area contributed by atoms with E-state index in [4.69, 9.17) is 4.74 Å². The minimum atomic E-state index is -0.887. The Bertz CT molecular complexity index is 940. The number of carbonyl (C=O) groups excluding carboxylic acids is 3. The minimum absolute atomic E-state index is 0.00432. The van der Waals surface area contributed by atoms with E-state index < -0.39 is 12.1 Å². The van der Waals surface area contributed by atoms with Gasteiger partial charge in [-0.3, -0.25) is 9.59 Å². The van der Waals surface area contributed by atoms with Crippen molar-refractivity contribution in [2.75, 3.05) is 6.54 Å². The third-order valence-electron chi connectivity index (χ3n) is 5.40. The Labute approximate surface area is 178 Å². The number of hydrogen-bond donors (Lipinski definition) is 0. The quantitative estimate of drug-likeness (QED) is 0.521. The van der Waals surface area contributed by atoms with Gasteiger partial charge in [-0.1, -0.05) is 57.2 Å². The lowest BCUT2D eigenvalue weighted by molar-refractivity contribution is -0.128. The first-order valence-corrected chi connectivity index (χ1v) is 10.4. The third-order valence-corrected chi connectivity index (χ3v) is 5.40. The monoisotopic (exact) mass is 407 g/mol. The standard InChI is InChI=1S/C25H29NO4/c1-17(23(28)19-10-12-21(13-11-19)25(2,3)4)30-24(29)20-8-5-7-18(15-20)16-26-14-6-9-22(26)27/h5,7-8,10-13,15,17H,6,9,14,16H2,1-4H3. The SMILES string of the molecule is CC(OC(=O)c1cccc(CN2CCCC2=O)c1)C(=O)c1ccc(C(C)(C)C)cc1. The van der Waals surface area contributed by atoms with Crippen LogP contribution in [0.4, 0.5) is 0 Å². The zero-order valence-electron chi connectivity index (χ0n) is 18.1. The first-order chi connectivity index (χ1) is 14.1. The minimum Gasteiger partial charge on any atom is -0.451 e. The highest BCUT2D eigenvalue weighted by Crippen LogP contribution is 2.23. The zero-order chi connectivity index (χ0) is 21.9. The molecule has 0 radical (unpaired) electrons. The van der Waals surface area contributed by atoms with E-state index in [0.29, 0.717) is 24.1 Å². The molecule has 1 saturated heterocycles. The summed E-state index contributed by atoms with van der Waals surface area (Å²) in [5, 5.41) is 0. The summed E-state index contributed by atoms with van der Waals surface area (Å²) < 4.78 is 5.43. The molecule has 1 aliphatic heterocycles. The maximum absolute atomic E-state index is 12.7. The van der Waals surface area contributed by atoms with Gasteiger partial charge in [-0.25, -0.2) is 4.79 Å². The van der Waals surface area contributed by atoms with Crippen molar-refractivity contribution in [1.29, 1.82) is 0 Å². The number of carbonyl (C=O) groups is 3. The molecule has 1 amide bonds. The third kappa shape index (κ3) is 5.15. The fourth-order valence-corrected chi connectivity index (χ4v) is 3.54. The van der Waals surface area contributed by atoms with Gasteiger partial charge in [0.15, 0.2) is 6.10 Å². The number of benzene rings is 2. The molecule has 5 heteroatoms. The molecule has 2 aromatic carbocycles. The van der Waals surface area contributed by atoms with Crippen LogP contribution >= 0.6 is 0 Å². The smallest absolute Gasteiger partial charge is 0.338 e. The summed E-state index contributed by atoms with van der Waals surface area (Å²) in [4.78, 5) is 38.9. The maximum atomic E-state index is 12.7. The van der Waals surface area contributed by atoms with Crippen LogP contribution in [0.3, 0.4) is 0 Å². The lowest BCUT2D eigenvalue weighted by Crippen LogP contribution is -2.25. The molecule has 158 valence electrons. The predicted octanol–water partition coefficient (Wildman–Crippen LogP) is 4.53. The molecule has 0 spiro atoms. The molecular weight excluding hydrogens is 378 g/mol. The van der Waals surface area contributed by atoms with E-state index in [1.165, 1.54) is 0 Å². The number of esters is 1. The average Bonchev–Trinajstić information content (AvgIpc) is 3.11. The average molecular weight is 408 g/mol. The molecule has 0 bridgehead atoms. The molecular formula is C25H29NO4. The second-order valence-corrected chi connectivity index (χ2v) is 8.86. The van der Waals surface area contributed by atoms with Gasteiger partial charge in [-0.05, 0) is 42.0 Å². The van der Waals surface area contributed by atoms with E-state index in [2.05, 4.69) is 20.8 Å². The highest BCUT2D eigenvalue weighted by molar-refractivity contribution is 6.01. The van der Waals surface area contributed by atoms with Crippen LogP contribution in [0.25, 0.3) is 0 Å². The van der Waals surface area contributed by atoms with E-state index in [1.54, 1.807) is 42.2 Å². The number of Topliss-reactive ketones (excluding diaryl/α,β-unsaturated/α-hetero) is 1. The van der Waals surface area contributed by atoms with Crippen molar-refractivity contribution >= 4 is 17.7 Å².